The Balaban J connectivity index is 1.54. The minimum Gasteiger partial charge on any atom is -0.441 e. The number of piperazine rings is 1. The summed E-state index contributed by atoms with van der Waals surface area (Å²) in [5, 5.41) is 0. The van der Waals surface area contributed by atoms with Crippen molar-refractivity contribution in [2.75, 3.05) is 33.2 Å². The van der Waals surface area contributed by atoms with Crippen molar-refractivity contribution in [2.24, 2.45) is 0 Å². The Hall–Kier alpha value is -2.14. The van der Waals surface area contributed by atoms with Crippen LogP contribution in [-0.4, -0.2) is 53.9 Å². The molecular formula is C17H21N3O2. The van der Waals surface area contributed by atoms with E-state index in [2.05, 4.69) is 16.9 Å². The summed E-state index contributed by atoms with van der Waals surface area (Å²) in [4.78, 5) is 20.6. The van der Waals surface area contributed by atoms with Gasteiger partial charge in [-0.2, -0.15) is 0 Å². The number of hydrogen-bond donors (Lipinski definition) is 0. The molecule has 5 heteroatoms. The highest BCUT2D eigenvalue weighted by atomic mass is 16.4. The molecule has 1 aromatic heterocycles. The first kappa shape index (κ1) is 14.8. The van der Waals surface area contributed by atoms with Crippen LogP contribution in [0.3, 0.4) is 0 Å². The zero-order chi connectivity index (χ0) is 15.4. The Kier molecular flexibility index (Phi) is 4.53. The van der Waals surface area contributed by atoms with E-state index in [0.717, 1.165) is 37.5 Å². The van der Waals surface area contributed by atoms with Crippen molar-refractivity contribution in [1.29, 1.82) is 0 Å². The van der Waals surface area contributed by atoms with Crippen molar-refractivity contribution in [3.8, 4) is 11.3 Å². The van der Waals surface area contributed by atoms with Crippen LogP contribution in [0.4, 0.5) is 0 Å². The molecule has 1 saturated heterocycles. The van der Waals surface area contributed by atoms with Gasteiger partial charge in [0.15, 0.2) is 11.7 Å². The van der Waals surface area contributed by atoms with Crippen LogP contribution in [0.15, 0.2) is 40.9 Å². The Labute approximate surface area is 130 Å². The van der Waals surface area contributed by atoms with Crippen molar-refractivity contribution in [1.82, 2.24) is 14.8 Å². The number of likely N-dealkylation sites (N-methyl/N-ethyl adjacent to an activating group) is 1. The molecule has 0 bridgehead atoms. The second-order valence-electron chi connectivity index (χ2n) is 5.67. The molecule has 5 nitrogen and oxygen atoms in total. The number of rotatable bonds is 4. The first-order valence-electron chi connectivity index (χ1n) is 7.69. The van der Waals surface area contributed by atoms with E-state index in [1.807, 2.05) is 35.2 Å². The largest absolute Gasteiger partial charge is 0.441 e. The number of benzene rings is 1. The standard InChI is InChI=1S/C17H21N3O2/c1-19-9-11-20(12-10-19)17(21)8-7-16-18-13-15(22-16)14-5-3-2-4-6-14/h2-6,13H,7-12H2,1H3. The van der Waals surface area contributed by atoms with Crippen molar-refractivity contribution in [3.05, 3.63) is 42.4 Å². The first-order valence-corrected chi connectivity index (χ1v) is 7.69. The second kappa shape index (κ2) is 6.75. The van der Waals surface area contributed by atoms with E-state index in [1.54, 1.807) is 6.20 Å². The van der Waals surface area contributed by atoms with Gasteiger partial charge in [0.1, 0.15) is 0 Å². The van der Waals surface area contributed by atoms with Gasteiger partial charge in [-0.25, -0.2) is 4.98 Å². The highest BCUT2D eigenvalue weighted by Crippen LogP contribution is 2.20. The van der Waals surface area contributed by atoms with Crippen LogP contribution < -0.4 is 0 Å². The molecular weight excluding hydrogens is 278 g/mol. The molecule has 22 heavy (non-hydrogen) atoms. The molecule has 1 fully saturated rings. The molecule has 3 rings (SSSR count). The lowest BCUT2D eigenvalue weighted by molar-refractivity contribution is -0.132. The lowest BCUT2D eigenvalue weighted by Gasteiger charge is -2.32. The third-order valence-electron chi connectivity index (χ3n) is 4.02. The van der Waals surface area contributed by atoms with Crippen LogP contribution in [0.25, 0.3) is 11.3 Å². The van der Waals surface area contributed by atoms with Gasteiger partial charge in [-0.05, 0) is 7.05 Å². The van der Waals surface area contributed by atoms with E-state index in [0.29, 0.717) is 18.7 Å². The Morgan fingerprint density at radius 1 is 1.18 bits per heavy atom. The number of carbonyl (C=O) groups is 1. The van der Waals surface area contributed by atoms with Gasteiger partial charge >= 0.3 is 0 Å². The lowest BCUT2D eigenvalue weighted by atomic mass is 10.2. The van der Waals surface area contributed by atoms with Crippen LogP contribution in [0.1, 0.15) is 12.3 Å². The van der Waals surface area contributed by atoms with E-state index >= 15 is 0 Å². The molecule has 0 saturated carbocycles. The zero-order valence-electron chi connectivity index (χ0n) is 12.9. The minimum atomic E-state index is 0.188. The van der Waals surface area contributed by atoms with E-state index in [9.17, 15) is 4.79 Å². The summed E-state index contributed by atoms with van der Waals surface area (Å²) in [7, 11) is 2.08. The molecule has 1 amide bonds. The SMILES string of the molecule is CN1CCN(C(=O)CCc2ncc(-c3ccccc3)o2)CC1. The van der Waals surface area contributed by atoms with Crippen LogP contribution in [0.2, 0.25) is 0 Å². The van der Waals surface area contributed by atoms with Gasteiger partial charge in [-0.1, -0.05) is 30.3 Å². The zero-order valence-corrected chi connectivity index (χ0v) is 12.9. The summed E-state index contributed by atoms with van der Waals surface area (Å²) in [6, 6.07) is 9.87. The fourth-order valence-electron chi connectivity index (χ4n) is 2.59. The van der Waals surface area contributed by atoms with Crippen molar-refractivity contribution >= 4 is 5.91 Å². The molecule has 1 aliphatic rings. The maximum Gasteiger partial charge on any atom is 0.223 e. The fraction of sp³-hybridized carbons (Fsp3) is 0.412. The summed E-state index contributed by atoms with van der Waals surface area (Å²) >= 11 is 0. The number of aryl methyl sites for hydroxylation is 1. The van der Waals surface area contributed by atoms with E-state index in [1.165, 1.54) is 0 Å². The van der Waals surface area contributed by atoms with Crippen LogP contribution in [0, 0.1) is 0 Å². The highest BCUT2D eigenvalue weighted by molar-refractivity contribution is 5.76. The third-order valence-corrected chi connectivity index (χ3v) is 4.02. The Morgan fingerprint density at radius 2 is 1.91 bits per heavy atom. The molecule has 0 radical (unpaired) electrons. The predicted molar refractivity (Wildman–Crippen MR) is 84.3 cm³/mol. The molecule has 0 unspecified atom stereocenters. The molecule has 116 valence electrons. The van der Waals surface area contributed by atoms with Crippen LogP contribution >= 0.6 is 0 Å². The maximum absolute atomic E-state index is 12.2. The number of nitrogens with zero attached hydrogens (tertiary/aromatic N) is 3. The smallest absolute Gasteiger partial charge is 0.223 e. The second-order valence-corrected chi connectivity index (χ2v) is 5.67. The van der Waals surface area contributed by atoms with Crippen molar-refractivity contribution < 1.29 is 9.21 Å². The summed E-state index contributed by atoms with van der Waals surface area (Å²) in [6.07, 6.45) is 2.74. The number of carbonyl (C=O) groups excluding carboxylic acids is 1. The monoisotopic (exact) mass is 299 g/mol. The van der Waals surface area contributed by atoms with E-state index in [-0.39, 0.29) is 5.91 Å². The van der Waals surface area contributed by atoms with Gasteiger partial charge in [0.25, 0.3) is 0 Å². The lowest BCUT2D eigenvalue weighted by Crippen LogP contribution is -2.47. The fourth-order valence-corrected chi connectivity index (χ4v) is 2.59. The van der Waals surface area contributed by atoms with Crippen molar-refractivity contribution in [2.45, 2.75) is 12.8 Å². The van der Waals surface area contributed by atoms with Gasteiger partial charge in [-0.15, -0.1) is 0 Å². The highest BCUT2D eigenvalue weighted by Gasteiger charge is 2.19. The van der Waals surface area contributed by atoms with Gasteiger partial charge in [0.05, 0.1) is 6.20 Å². The quantitative estimate of drug-likeness (QED) is 0.867. The molecule has 0 spiro atoms. The predicted octanol–water partition coefficient (Wildman–Crippen LogP) is 2.05. The summed E-state index contributed by atoms with van der Waals surface area (Å²) in [6.45, 7) is 3.53. The Morgan fingerprint density at radius 3 is 2.64 bits per heavy atom. The summed E-state index contributed by atoms with van der Waals surface area (Å²) < 4.78 is 5.73. The van der Waals surface area contributed by atoms with Gasteiger partial charge in [-0.3, -0.25) is 4.79 Å². The molecule has 0 N–H and O–H groups in total. The molecule has 2 aromatic rings. The number of amides is 1. The van der Waals surface area contributed by atoms with Crippen LogP contribution in [-0.2, 0) is 11.2 Å². The topological polar surface area (TPSA) is 49.6 Å². The van der Waals surface area contributed by atoms with E-state index < -0.39 is 0 Å². The minimum absolute atomic E-state index is 0.188. The average Bonchev–Trinajstić information content (AvgIpc) is 3.03. The number of oxazole rings is 1. The first-order chi connectivity index (χ1) is 10.7. The number of aromatic nitrogens is 1. The molecule has 1 aliphatic heterocycles. The molecule has 0 aliphatic carbocycles. The summed E-state index contributed by atoms with van der Waals surface area (Å²) in [5.41, 5.74) is 1.01. The van der Waals surface area contributed by atoms with Crippen molar-refractivity contribution in [3.63, 3.8) is 0 Å². The molecule has 2 heterocycles. The molecule has 1 aromatic carbocycles. The van der Waals surface area contributed by atoms with Gasteiger partial charge < -0.3 is 14.2 Å². The average molecular weight is 299 g/mol. The maximum atomic E-state index is 12.2. The van der Waals surface area contributed by atoms with Crippen LogP contribution in [0.5, 0.6) is 0 Å². The third kappa shape index (κ3) is 3.54. The number of hydrogen-bond acceptors (Lipinski definition) is 4. The summed E-state index contributed by atoms with van der Waals surface area (Å²) in [5.74, 6) is 1.57. The Bertz CT molecular complexity index is 616. The van der Waals surface area contributed by atoms with Gasteiger partial charge in [0.2, 0.25) is 5.91 Å². The normalized spacial score (nSPS) is 16.0. The van der Waals surface area contributed by atoms with Gasteiger partial charge in [0, 0.05) is 44.6 Å². The molecule has 0 atom stereocenters. The van der Waals surface area contributed by atoms with E-state index in [4.69, 9.17) is 4.42 Å².